The fourth-order valence-corrected chi connectivity index (χ4v) is 4.24. The Morgan fingerprint density at radius 2 is 1.79 bits per heavy atom. The molecule has 10 heteroatoms. The molecule has 0 atom stereocenters. The Kier molecular flexibility index (Phi) is 6.12. The average molecular weight is 467 g/mol. The first-order chi connectivity index (χ1) is 15.7. The summed E-state index contributed by atoms with van der Waals surface area (Å²) < 4.78 is 37.5. The third-order valence-electron chi connectivity index (χ3n) is 5.18. The van der Waals surface area contributed by atoms with Crippen molar-refractivity contribution in [2.45, 2.75) is 25.3 Å². The number of carbonyl (C=O) groups is 1. The number of furan rings is 1. The van der Waals surface area contributed by atoms with Crippen LogP contribution in [0.3, 0.4) is 0 Å². The Labute approximate surface area is 191 Å². The van der Waals surface area contributed by atoms with Crippen LogP contribution in [-0.2, 0) is 16.6 Å². The number of amides is 1. The van der Waals surface area contributed by atoms with Crippen LogP contribution < -0.4 is 5.32 Å². The van der Waals surface area contributed by atoms with E-state index < -0.39 is 15.9 Å². The molecule has 2 heterocycles. The molecule has 4 aromatic rings. The van der Waals surface area contributed by atoms with E-state index in [0.717, 1.165) is 16.7 Å². The van der Waals surface area contributed by atoms with Gasteiger partial charge in [-0.3, -0.25) is 10.1 Å². The molecule has 0 spiro atoms. The first-order valence-corrected chi connectivity index (χ1v) is 11.5. The summed E-state index contributed by atoms with van der Waals surface area (Å²) in [6.45, 7) is 4.08. The number of rotatable bonds is 7. The lowest BCUT2D eigenvalue weighted by molar-refractivity contribution is 0.102. The van der Waals surface area contributed by atoms with Gasteiger partial charge in [-0.25, -0.2) is 8.42 Å². The minimum Gasteiger partial charge on any atom is -0.468 e. The number of hydrogen-bond donors (Lipinski definition) is 1. The van der Waals surface area contributed by atoms with E-state index in [4.69, 9.17) is 8.83 Å². The molecule has 1 N–H and O–H groups in total. The third-order valence-corrected chi connectivity index (χ3v) is 7.00. The molecule has 2 aromatic carbocycles. The van der Waals surface area contributed by atoms with Crippen molar-refractivity contribution in [1.82, 2.24) is 14.5 Å². The zero-order valence-corrected chi connectivity index (χ0v) is 19.1. The molecule has 0 unspecified atom stereocenters. The number of benzene rings is 2. The van der Waals surface area contributed by atoms with Crippen LogP contribution >= 0.6 is 0 Å². The summed E-state index contributed by atoms with van der Waals surface area (Å²) in [7, 11) is -2.29. The number of nitrogens with zero attached hydrogens (tertiary/aromatic N) is 3. The van der Waals surface area contributed by atoms with E-state index in [1.807, 2.05) is 32.0 Å². The highest BCUT2D eigenvalue weighted by Crippen LogP contribution is 2.23. The summed E-state index contributed by atoms with van der Waals surface area (Å²) in [6.07, 6.45) is 1.48. The number of sulfonamides is 1. The molecule has 2 aromatic heterocycles. The predicted octanol–water partition coefficient (Wildman–Crippen LogP) is 4.02. The summed E-state index contributed by atoms with van der Waals surface area (Å²) >= 11 is 0. The van der Waals surface area contributed by atoms with Gasteiger partial charge in [0.25, 0.3) is 5.91 Å². The molecule has 1 amide bonds. The Morgan fingerprint density at radius 1 is 1.03 bits per heavy atom. The molecular formula is C23H22N4O5S. The molecule has 0 saturated carbocycles. The van der Waals surface area contributed by atoms with Gasteiger partial charge in [-0.1, -0.05) is 11.2 Å². The van der Waals surface area contributed by atoms with Crippen LogP contribution in [0, 0.1) is 13.8 Å². The van der Waals surface area contributed by atoms with Crippen LogP contribution in [0.4, 0.5) is 6.01 Å². The van der Waals surface area contributed by atoms with Crippen molar-refractivity contribution in [1.29, 1.82) is 0 Å². The quantitative estimate of drug-likeness (QED) is 0.437. The van der Waals surface area contributed by atoms with Gasteiger partial charge in [0.05, 0.1) is 17.7 Å². The summed E-state index contributed by atoms with van der Waals surface area (Å²) in [5, 5.41) is 10.4. The van der Waals surface area contributed by atoms with Crippen molar-refractivity contribution in [3.05, 3.63) is 83.3 Å². The zero-order valence-electron chi connectivity index (χ0n) is 18.3. The van der Waals surface area contributed by atoms with Gasteiger partial charge in [-0.15, -0.1) is 5.10 Å². The van der Waals surface area contributed by atoms with Gasteiger partial charge < -0.3 is 8.83 Å². The van der Waals surface area contributed by atoms with Crippen molar-refractivity contribution >= 4 is 21.9 Å². The summed E-state index contributed by atoms with van der Waals surface area (Å²) in [5.41, 5.74) is 3.22. The standard InChI is InChI=1S/C23H22N4O5S/c1-15-6-7-18(13-16(15)2)22-25-26-23(32-22)24-21(28)17-8-10-20(11-9-17)33(29,30)27(3)14-19-5-4-12-31-19/h4-13H,14H2,1-3H3,(H,24,26,28). The Hall–Kier alpha value is -3.76. The van der Waals surface area contributed by atoms with Gasteiger partial charge in [0.15, 0.2) is 0 Å². The Balaban J connectivity index is 1.44. The first kappa shape index (κ1) is 22.4. The van der Waals surface area contributed by atoms with Crippen molar-refractivity contribution in [2.75, 3.05) is 12.4 Å². The van der Waals surface area contributed by atoms with Gasteiger partial charge in [0.2, 0.25) is 15.9 Å². The highest BCUT2D eigenvalue weighted by molar-refractivity contribution is 7.89. The smallest absolute Gasteiger partial charge is 0.322 e. The number of aromatic nitrogens is 2. The highest BCUT2D eigenvalue weighted by atomic mass is 32.2. The fraction of sp³-hybridized carbons (Fsp3) is 0.174. The molecule has 33 heavy (non-hydrogen) atoms. The van der Waals surface area contributed by atoms with Crippen molar-refractivity contribution in [2.24, 2.45) is 0 Å². The SMILES string of the molecule is Cc1ccc(-c2nnc(NC(=O)c3ccc(S(=O)(=O)N(C)Cc4ccco4)cc3)o2)cc1C. The van der Waals surface area contributed by atoms with Crippen molar-refractivity contribution < 1.29 is 22.0 Å². The van der Waals surface area contributed by atoms with Crippen molar-refractivity contribution in [3.8, 4) is 11.5 Å². The molecule has 0 radical (unpaired) electrons. The normalized spacial score (nSPS) is 11.6. The highest BCUT2D eigenvalue weighted by Gasteiger charge is 2.22. The van der Waals surface area contributed by atoms with Crippen LogP contribution in [0.15, 0.2) is 74.6 Å². The fourth-order valence-electron chi connectivity index (χ4n) is 3.10. The van der Waals surface area contributed by atoms with E-state index in [9.17, 15) is 13.2 Å². The Morgan fingerprint density at radius 3 is 2.45 bits per heavy atom. The van der Waals surface area contributed by atoms with E-state index in [1.54, 1.807) is 12.1 Å². The molecule has 0 bridgehead atoms. The second-order valence-electron chi connectivity index (χ2n) is 7.53. The number of carbonyl (C=O) groups excluding carboxylic acids is 1. The summed E-state index contributed by atoms with van der Waals surface area (Å²) in [5.74, 6) is 0.310. The summed E-state index contributed by atoms with van der Waals surface area (Å²) in [4.78, 5) is 12.6. The number of hydrogen-bond acceptors (Lipinski definition) is 7. The van der Waals surface area contributed by atoms with E-state index in [1.165, 1.54) is 41.9 Å². The molecule has 170 valence electrons. The maximum atomic E-state index is 12.8. The van der Waals surface area contributed by atoms with Gasteiger partial charge in [0, 0.05) is 18.2 Å². The zero-order chi connectivity index (χ0) is 23.6. The minimum atomic E-state index is -3.75. The number of anilines is 1. The van der Waals surface area contributed by atoms with Crippen LogP contribution in [0.1, 0.15) is 27.2 Å². The van der Waals surface area contributed by atoms with Gasteiger partial charge in [-0.05, 0) is 73.5 Å². The molecular weight excluding hydrogens is 444 g/mol. The largest absolute Gasteiger partial charge is 0.468 e. The van der Waals surface area contributed by atoms with Crippen LogP contribution in [0.25, 0.3) is 11.5 Å². The average Bonchev–Trinajstić information content (AvgIpc) is 3.48. The third kappa shape index (κ3) is 4.86. The van der Waals surface area contributed by atoms with Gasteiger partial charge >= 0.3 is 6.01 Å². The van der Waals surface area contributed by atoms with E-state index in [0.29, 0.717) is 5.76 Å². The number of nitrogens with one attached hydrogen (secondary N) is 1. The lowest BCUT2D eigenvalue weighted by atomic mass is 10.1. The molecule has 9 nitrogen and oxygen atoms in total. The van der Waals surface area contributed by atoms with Crippen molar-refractivity contribution in [3.63, 3.8) is 0 Å². The van der Waals surface area contributed by atoms with Crippen LogP contribution in [-0.4, -0.2) is 35.9 Å². The van der Waals surface area contributed by atoms with Crippen LogP contribution in [0.5, 0.6) is 0 Å². The molecule has 0 saturated heterocycles. The molecule has 0 fully saturated rings. The van der Waals surface area contributed by atoms with Gasteiger partial charge in [0.1, 0.15) is 5.76 Å². The second-order valence-corrected chi connectivity index (χ2v) is 9.58. The lowest BCUT2D eigenvalue weighted by Gasteiger charge is -2.16. The van der Waals surface area contributed by atoms with Crippen LogP contribution in [0.2, 0.25) is 0 Å². The lowest BCUT2D eigenvalue weighted by Crippen LogP contribution is -2.26. The first-order valence-electron chi connectivity index (χ1n) is 10.1. The Bertz CT molecular complexity index is 1380. The molecule has 0 aliphatic heterocycles. The topological polar surface area (TPSA) is 119 Å². The van der Waals surface area contributed by atoms with E-state index in [-0.39, 0.29) is 28.9 Å². The number of aryl methyl sites for hydroxylation is 2. The second kappa shape index (κ2) is 9.00. The predicted molar refractivity (Wildman–Crippen MR) is 121 cm³/mol. The minimum absolute atomic E-state index is 0.0527. The maximum absolute atomic E-state index is 12.8. The van der Waals surface area contributed by atoms with E-state index in [2.05, 4.69) is 15.5 Å². The van der Waals surface area contributed by atoms with E-state index >= 15 is 0 Å². The molecule has 0 aliphatic carbocycles. The monoisotopic (exact) mass is 466 g/mol. The maximum Gasteiger partial charge on any atom is 0.322 e. The molecule has 0 aliphatic rings. The van der Waals surface area contributed by atoms with Gasteiger partial charge in [-0.2, -0.15) is 4.31 Å². The molecule has 4 rings (SSSR count). The summed E-state index contributed by atoms with van der Waals surface area (Å²) in [6, 6.07) is 14.7.